The van der Waals surface area contributed by atoms with Gasteiger partial charge in [-0.05, 0) is 49.2 Å². The van der Waals surface area contributed by atoms with Crippen molar-refractivity contribution >= 4 is 34.7 Å². The van der Waals surface area contributed by atoms with E-state index in [1.807, 2.05) is 0 Å². The molecule has 1 saturated heterocycles. The maximum absolute atomic E-state index is 12.6. The fourth-order valence-electron chi connectivity index (χ4n) is 3.42. The van der Waals surface area contributed by atoms with Crippen molar-refractivity contribution in [2.24, 2.45) is 0 Å². The smallest absolute Gasteiger partial charge is 0.321 e. The van der Waals surface area contributed by atoms with E-state index in [-0.39, 0.29) is 23.8 Å². The summed E-state index contributed by atoms with van der Waals surface area (Å²) >= 11 is 0. The van der Waals surface area contributed by atoms with Crippen molar-refractivity contribution < 1.29 is 19.5 Å². The van der Waals surface area contributed by atoms with Crippen LogP contribution in [0.1, 0.15) is 40.6 Å². The van der Waals surface area contributed by atoms with Crippen LogP contribution in [0.4, 0.5) is 16.2 Å². The lowest BCUT2D eigenvalue weighted by Crippen LogP contribution is -2.42. The number of piperidine rings is 1. The van der Waals surface area contributed by atoms with Crippen LogP contribution in [0.25, 0.3) is 5.65 Å². The number of fused-ring (bicyclic) bond motifs is 1. The number of nitrogens with one attached hydrogen (secondary N) is 2. The Balaban J connectivity index is 1.38. The molecule has 1 fully saturated rings. The van der Waals surface area contributed by atoms with Crippen LogP contribution in [0.2, 0.25) is 0 Å². The summed E-state index contributed by atoms with van der Waals surface area (Å²) in [6, 6.07) is 9.83. The van der Waals surface area contributed by atoms with Gasteiger partial charge in [0.2, 0.25) is 0 Å². The molecule has 0 saturated carbocycles. The lowest BCUT2D eigenvalue weighted by Gasteiger charge is -2.29. The van der Waals surface area contributed by atoms with E-state index in [0.29, 0.717) is 54.2 Å². The average Bonchev–Trinajstić information content (AvgIpc) is 3.18. The summed E-state index contributed by atoms with van der Waals surface area (Å²) in [6.07, 6.45) is 4.12. The first-order chi connectivity index (χ1) is 14.9. The molecule has 1 aliphatic heterocycles. The van der Waals surface area contributed by atoms with E-state index in [0.717, 1.165) is 0 Å². The van der Waals surface area contributed by atoms with E-state index in [2.05, 4.69) is 15.6 Å². The summed E-state index contributed by atoms with van der Waals surface area (Å²) in [5.41, 5.74) is 2.57. The summed E-state index contributed by atoms with van der Waals surface area (Å²) in [6.45, 7) is 2.48. The van der Waals surface area contributed by atoms with Crippen LogP contribution in [0, 0.1) is 0 Å². The summed E-state index contributed by atoms with van der Waals surface area (Å²) in [4.78, 5) is 42.2. The van der Waals surface area contributed by atoms with Gasteiger partial charge in [0, 0.05) is 43.7 Å². The van der Waals surface area contributed by atoms with Crippen molar-refractivity contribution in [1.82, 2.24) is 14.3 Å². The number of hydrogen-bond acceptors (Lipinski definition) is 5. The summed E-state index contributed by atoms with van der Waals surface area (Å²) in [7, 11) is 0. The quantitative estimate of drug-likeness (QED) is 0.560. The minimum atomic E-state index is -0.340. The first kappa shape index (κ1) is 20.5. The number of likely N-dealkylation sites (tertiary alicyclic amines) is 1. The average molecular weight is 421 g/mol. The summed E-state index contributed by atoms with van der Waals surface area (Å²) in [5, 5.41) is 15.2. The van der Waals surface area contributed by atoms with E-state index in [1.165, 1.54) is 6.92 Å². The lowest BCUT2D eigenvalue weighted by atomic mass is 10.1. The molecule has 3 amide bonds. The number of aliphatic hydroxyl groups excluding tert-OH is 1. The van der Waals surface area contributed by atoms with E-state index in [9.17, 15) is 19.5 Å². The Morgan fingerprint density at radius 2 is 1.65 bits per heavy atom. The number of rotatable bonds is 4. The molecule has 9 heteroatoms. The van der Waals surface area contributed by atoms with Gasteiger partial charge in [0.05, 0.1) is 11.8 Å². The van der Waals surface area contributed by atoms with Crippen LogP contribution >= 0.6 is 0 Å². The second kappa shape index (κ2) is 8.57. The van der Waals surface area contributed by atoms with Gasteiger partial charge in [-0.1, -0.05) is 0 Å². The number of urea groups is 1. The van der Waals surface area contributed by atoms with Gasteiger partial charge in [-0.15, -0.1) is 0 Å². The Morgan fingerprint density at radius 1 is 0.968 bits per heavy atom. The normalized spacial score (nSPS) is 14.5. The molecule has 1 aromatic carbocycles. The fourth-order valence-corrected chi connectivity index (χ4v) is 3.42. The van der Waals surface area contributed by atoms with Crippen LogP contribution in [-0.2, 0) is 0 Å². The van der Waals surface area contributed by atoms with E-state index >= 15 is 0 Å². The van der Waals surface area contributed by atoms with Crippen LogP contribution in [-0.4, -0.2) is 56.3 Å². The molecular weight excluding hydrogens is 398 g/mol. The number of ketones is 1. The van der Waals surface area contributed by atoms with Gasteiger partial charge in [0.15, 0.2) is 5.78 Å². The Labute approximate surface area is 178 Å². The highest BCUT2D eigenvalue weighted by molar-refractivity contribution is 6.04. The predicted octanol–water partition coefficient (Wildman–Crippen LogP) is 2.78. The van der Waals surface area contributed by atoms with Crippen molar-refractivity contribution in [1.29, 1.82) is 0 Å². The molecule has 0 radical (unpaired) electrons. The Hall–Kier alpha value is -3.72. The molecule has 9 nitrogen and oxygen atoms in total. The molecule has 4 rings (SSSR count). The number of benzene rings is 1. The predicted molar refractivity (Wildman–Crippen MR) is 115 cm³/mol. The Bertz CT molecular complexity index is 1130. The van der Waals surface area contributed by atoms with Crippen LogP contribution in [0.3, 0.4) is 0 Å². The van der Waals surface area contributed by atoms with Crippen molar-refractivity contribution in [3.63, 3.8) is 0 Å². The molecule has 2 aromatic heterocycles. The molecule has 3 heterocycles. The van der Waals surface area contributed by atoms with Crippen molar-refractivity contribution in [2.45, 2.75) is 25.9 Å². The Morgan fingerprint density at radius 3 is 2.32 bits per heavy atom. The van der Waals surface area contributed by atoms with Crippen LogP contribution < -0.4 is 10.6 Å². The van der Waals surface area contributed by atoms with Crippen molar-refractivity contribution in [2.75, 3.05) is 23.7 Å². The van der Waals surface area contributed by atoms with E-state index in [4.69, 9.17) is 0 Å². The van der Waals surface area contributed by atoms with Gasteiger partial charge in [-0.2, -0.15) is 0 Å². The number of aromatic nitrogens is 2. The highest BCUT2D eigenvalue weighted by atomic mass is 16.3. The van der Waals surface area contributed by atoms with Crippen LogP contribution in [0.15, 0.2) is 48.8 Å². The molecule has 0 spiro atoms. The van der Waals surface area contributed by atoms with Gasteiger partial charge >= 0.3 is 6.03 Å². The second-order valence-electron chi connectivity index (χ2n) is 7.55. The Kier molecular flexibility index (Phi) is 5.68. The molecule has 0 bridgehead atoms. The number of imidazole rings is 1. The maximum atomic E-state index is 12.6. The first-order valence-corrected chi connectivity index (χ1v) is 10.0. The lowest BCUT2D eigenvalue weighted by molar-refractivity contribution is 0.0970. The number of pyridine rings is 1. The van der Waals surface area contributed by atoms with Gasteiger partial charge in [-0.25, -0.2) is 9.78 Å². The number of anilines is 2. The topological polar surface area (TPSA) is 116 Å². The fraction of sp³-hybridized carbons (Fsp3) is 0.273. The zero-order valence-corrected chi connectivity index (χ0v) is 17.0. The largest absolute Gasteiger partial charge is 0.393 e. The van der Waals surface area contributed by atoms with Crippen LogP contribution in [0.5, 0.6) is 0 Å². The minimum Gasteiger partial charge on any atom is -0.393 e. The monoisotopic (exact) mass is 421 g/mol. The zero-order chi connectivity index (χ0) is 22.0. The zero-order valence-electron chi connectivity index (χ0n) is 17.0. The van der Waals surface area contributed by atoms with Gasteiger partial charge in [0.1, 0.15) is 11.3 Å². The molecule has 0 atom stereocenters. The summed E-state index contributed by atoms with van der Waals surface area (Å²) in [5.74, 6) is -0.423. The molecule has 3 N–H and O–H groups in total. The second-order valence-corrected chi connectivity index (χ2v) is 7.55. The standard InChI is InChI=1S/C22H23N5O4/c1-14(28)19-13-27-12-17(6-7-20(27)25-19)23-21(30)15-2-4-16(5-3-15)24-22(31)26-10-8-18(29)9-11-26/h2-7,12-13,18,29H,8-11H2,1H3,(H,23,30)(H,24,31). The molecule has 160 valence electrons. The molecule has 3 aromatic rings. The number of carbonyl (C=O) groups is 3. The number of nitrogens with zero attached hydrogens (tertiary/aromatic N) is 3. The third-order valence-corrected chi connectivity index (χ3v) is 5.22. The molecule has 0 aliphatic carbocycles. The first-order valence-electron chi connectivity index (χ1n) is 10.0. The number of aliphatic hydroxyl groups is 1. The summed E-state index contributed by atoms with van der Waals surface area (Å²) < 4.78 is 1.69. The van der Waals surface area contributed by atoms with E-state index in [1.54, 1.807) is 58.1 Å². The third-order valence-electron chi connectivity index (χ3n) is 5.22. The molecular formula is C22H23N5O4. The minimum absolute atomic E-state index is 0.126. The number of amides is 3. The third kappa shape index (κ3) is 4.72. The number of carbonyl (C=O) groups excluding carboxylic acids is 3. The van der Waals surface area contributed by atoms with Crippen molar-refractivity contribution in [3.05, 3.63) is 60.0 Å². The van der Waals surface area contributed by atoms with Gasteiger partial charge < -0.3 is 25.0 Å². The molecule has 31 heavy (non-hydrogen) atoms. The van der Waals surface area contributed by atoms with Crippen molar-refractivity contribution in [3.8, 4) is 0 Å². The van der Waals surface area contributed by atoms with Gasteiger partial charge in [-0.3, -0.25) is 9.59 Å². The van der Waals surface area contributed by atoms with E-state index < -0.39 is 0 Å². The number of Topliss-reactive ketones (excluding diaryl/α,β-unsaturated/α-hetero) is 1. The highest BCUT2D eigenvalue weighted by Crippen LogP contribution is 2.16. The number of hydrogen-bond donors (Lipinski definition) is 3. The van der Waals surface area contributed by atoms with Gasteiger partial charge in [0.25, 0.3) is 5.91 Å². The SMILES string of the molecule is CC(=O)c1cn2cc(NC(=O)c3ccc(NC(=O)N4CCC(O)CC4)cc3)ccc2n1. The molecule has 1 aliphatic rings. The molecule has 0 unspecified atom stereocenters. The highest BCUT2D eigenvalue weighted by Gasteiger charge is 2.21. The maximum Gasteiger partial charge on any atom is 0.321 e.